The number of carbonyl (C=O) groups is 1. The number of nitrogens with two attached hydrogens (primary N) is 1. The van der Waals surface area contributed by atoms with Crippen LogP contribution in [-0.4, -0.2) is 35.4 Å². The minimum Gasteiger partial charge on any atom is -0.382 e. The first-order valence-corrected chi connectivity index (χ1v) is 7.13. The van der Waals surface area contributed by atoms with Crippen molar-refractivity contribution >= 4 is 28.2 Å². The maximum Gasteiger partial charge on any atom is 0.267 e. The van der Waals surface area contributed by atoms with Crippen LogP contribution in [0.25, 0.3) is 0 Å². The number of nitrogen functional groups attached to an aromatic ring is 1. The average Bonchev–Trinajstić information content (AvgIpc) is 3.12. The molecule has 5 nitrogen and oxygen atoms in total. The molecule has 1 aliphatic rings. The summed E-state index contributed by atoms with van der Waals surface area (Å²) in [4.78, 5) is 18.8. The number of nitrogens with one attached hydrogen (secondary N) is 1. The summed E-state index contributed by atoms with van der Waals surface area (Å²) in [5.41, 5.74) is 5.81. The molecule has 1 aromatic rings. The quantitative estimate of drug-likeness (QED) is 0.857. The number of hydrogen-bond donors (Lipinski definition) is 2. The van der Waals surface area contributed by atoms with Gasteiger partial charge in [0, 0.05) is 19.6 Å². The van der Waals surface area contributed by atoms with E-state index >= 15 is 0 Å². The average molecular weight is 268 g/mol. The van der Waals surface area contributed by atoms with Crippen molar-refractivity contribution in [1.82, 2.24) is 9.88 Å². The summed E-state index contributed by atoms with van der Waals surface area (Å²) in [7, 11) is 1.84. The minimum absolute atomic E-state index is 0.0199. The molecule has 100 valence electrons. The number of amides is 1. The molecule has 1 amide bonds. The van der Waals surface area contributed by atoms with E-state index in [9.17, 15) is 4.79 Å². The highest BCUT2D eigenvalue weighted by Crippen LogP contribution is 2.36. The van der Waals surface area contributed by atoms with Crippen LogP contribution in [0.4, 0.5) is 10.9 Å². The van der Waals surface area contributed by atoms with Crippen LogP contribution in [0.3, 0.4) is 0 Å². The Morgan fingerprint density at radius 2 is 2.33 bits per heavy atom. The lowest BCUT2D eigenvalue weighted by molar-refractivity contribution is 0.0733. The normalized spacial score (nSPS) is 16.4. The van der Waals surface area contributed by atoms with E-state index in [0.717, 1.165) is 6.54 Å². The largest absolute Gasteiger partial charge is 0.382 e. The lowest BCUT2D eigenvalue weighted by atomic mass is 10.2. The molecule has 0 spiro atoms. The molecule has 1 fully saturated rings. The maximum atomic E-state index is 12.3. The number of nitrogens with zero attached hydrogens (tertiary/aromatic N) is 2. The molecular formula is C12H20N4OS. The van der Waals surface area contributed by atoms with E-state index < -0.39 is 0 Å². The standard InChI is InChI=1S/C12H20N4OS/c1-4-14-12-15-10(13)9(18-12)11(17)16(3)7(2)8-5-6-8/h7-8H,4-6,13H2,1-3H3,(H,14,15). The van der Waals surface area contributed by atoms with Crippen molar-refractivity contribution in [3.63, 3.8) is 0 Å². The second-order valence-electron chi connectivity index (χ2n) is 4.76. The lowest BCUT2D eigenvalue weighted by Crippen LogP contribution is -2.36. The Kier molecular flexibility index (Phi) is 3.75. The van der Waals surface area contributed by atoms with Crippen molar-refractivity contribution in [3.05, 3.63) is 4.88 Å². The molecule has 1 unspecified atom stereocenters. The van der Waals surface area contributed by atoms with E-state index in [-0.39, 0.29) is 11.9 Å². The first-order valence-electron chi connectivity index (χ1n) is 6.32. The first-order chi connectivity index (χ1) is 8.54. The molecule has 1 saturated carbocycles. The monoisotopic (exact) mass is 268 g/mol. The predicted octanol–water partition coefficient (Wildman–Crippen LogP) is 2.03. The highest BCUT2D eigenvalue weighted by Gasteiger charge is 2.33. The molecule has 0 aliphatic heterocycles. The van der Waals surface area contributed by atoms with Gasteiger partial charge in [0.2, 0.25) is 0 Å². The first kappa shape index (κ1) is 13.1. The van der Waals surface area contributed by atoms with Crippen molar-refractivity contribution < 1.29 is 4.79 Å². The van der Waals surface area contributed by atoms with E-state index in [0.29, 0.717) is 21.7 Å². The Bertz CT molecular complexity index is 441. The fourth-order valence-electron chi connectivity index (χ4n) is 1.95. The zero-order chi connectivity index (χ0) is 13.3. The van der Waals surface area contributed by atoms with Gasteiger partial charge in [-0.15, -0.1) is 0 Å². The van der Waals surface area contributed by atoms with E-state index in [1.165, 1.54) is 24.2 Å². The lowest BCUT2D eigenvalue weighted by Gasteiger charge is -2.24. The van der Waals surface area contributed by atoms with E-state index in [2.05, 4.69) is 17.2 Å². The zero-order valence-electron chi connectivity index (χ0n) is 11.1. The molecule has 1 aromatic heterocycles. The van der Waals surface area contributed by atoms with Crippen molar-refractivity contribution in [3.8, 4) is 0 Å². The Morgan fingerprint density at radius 3 is 2.89 bits per heavy atom. The molecule has 1 heterocycles. The molecule has 18 heavy (non-hydrogen) atoms. The molecule has 1 atom stereocenters. The van der Waals surface area contributed by atoms with Crippen LogP contribution >= 0.6 is 11.3 Å². The van der Waals surface area contributed by atoms with Gasteiger partial charge in [-0.1, -0.05) is 11.3 Å². The highest BCUT2D eigenvalue weighted by atomic mass is 32.1. The fourth-order valence-corrected chi connectivity index (χ4v) is 2.89. The second kappa shape index (κ2) is 5.14. The molecule has 0 radical (unpaired) electrons. The van der Waals surface area contributed by atoms with Crippen LogP contribution < -0.4 is 11.1 Å². The maximum absolute atomic E-state index is 12.3. The van der Waals surface area contributed by atoms with Crippen molar-refractivity contribution in [2.75, 3.05) is 24.6 Å². The summed E-state index contributed by atoms with van der Waals surface area (Å²) in [6, 6.07) is 0.279. The molecule has 1 aliphatic carbocycles. The van der Waals surface area contributed by atoms with E-state index in [1.807, 2.05) is 14.0 Å². The number of rotatable bonds is 5. The fraction of sp³-hybridized carbons (Fsp3) is 0.667. The topological polar surface area (TPSA) is 71.2 Å². The van der Waals surface area contributed by atoms with Gasteiger partial charge in [0.1, 0.15) is 10.7 Å². The molecule has 0 saturated heterocycles. The third kappa shape index (κ3) is 2.58. The Labute approximate surface area is 111 Å². The summed E-state index contributed by atoms with van der Waals surface area (Å²) in [5.74, 6) is 0.964. The van der Waals surface area contributed by atoms with E-state index in [4.69, 9.17) is 5.73 Å². The van der Waals surface area contributed by atoms with Gasteiger partial charge in [0.25, 0.3) is 5.91 Å². The van der Waals surface area contributed by atoms with Crippen molar-refractivity contribution in [1.29, 1.82) is 0 Å². The minimum atomic E-state index is -0.0199. The van der Waals surface area contributed by atoms with Gasteiger partial charge in [0.15, 0.2) is 5.13 Å². The van der Waals surface area contributed by atoms with Crippen LogP contribution in [0.2, 0.25) is 0 Å². The molecule has 0 aromatic carbocycles. The smallest absolute Gasteiger partial charge is 0.267 e. The zero-order valence-corrected chi connectivity index (χ0v) is 11.9. The van der Waals surface area contributed by atoms with Crippen molar-refractivity contribution in [2.45, 2.75) is 32.7 Å². The van der Waals surface area contributed by atoms with Crippen LogP contribution in [0, 0.1) is 5.92 Å². The molecule has 3 N–H and O–H groups in total. The summed E-state index contributed by atoms with van der Waals surface area (Å²) < 4.78 is 0. The Hall–Kier alpha value is -1.30. The van der Waals surface area contributed by atoms with Gasteiger partial charge in [-0.05, 0) is 32.6 Å². The van der Waals surface area contributed by atoms with Crippen LogP contribution in [0.15, 0.2) is 0 Å². The Balaban J connectivity index is 2.11. The SMILES string of the molecule is CCNc1nc(N)c(C(=O)N(C)C(C)C2CC2)s1. The summed E-state index contributed by atoms with van der Waals surface area (Å²) in [6.07, 6.45) is 2.44. The van der Waals surface area contributed by atoms with Gasteiger partial charge in [-0.25, -0.2) is 4.98 Å². The predicted molar refractivity (Wildman–Crippen MR) is 75.0 cm³/mol. The van der Waals surface area contributed by atoms with Gasteiger partial charge < -0.3 is 16.0 Å². The van der Waals surface area contributed by atoms with Gasteiger partial charge in [0.05, 0.1) is 0 Å². The number of anilines is 2. The number of thiazole rings is 1. The third-order valence-electron chi connectivity index (χ3n) is 3.41. The molecule has 2 rings (SSSR count). The third-order valence-corrected chi connectivity index (χ3v) is 4.43. The number of aromatic nitrogens is 1. The molecule has 0 bridgehead atoms. The number of carbonyl (C=O) groups excluding carboxylic acids is 1. The van der Waals surface area contributed by atoms with Gasteiger partial charge in [-0.2, -0.15) is 0 Å². The summed E-state index contributed by atoms with van der Waals surface area (Å²) in [6.45, 7) is 4.85. The van der Waals surface area contributed by atoms with Crippen LogP contribution in [0.5, 0.6) is 0 Å². The molecular weight excluding hydrogens is 248 g/mol. The summed E-state index contributed by atoms with van der Waals surface area (Å²) in [5, 5.41) is 3.80. The van der Waals surface area contributed by atoms with Crippen LogP contribution in [-0.2, 0) is 0 Å². The van der Waals surface area contributed by atoms with Crippen LogP contribution in [0.1, 0.15) is 36.4 Å². The number of hydrogen-bond acceptors (Lipinski definition) is 5. The van der Waals surface area contributed by atoms with Gasteiger partial charge in [-0.3, -0.25) is 4.79 Å². The van der Waals surface area contributed by atoms with Crippen molar-refractivity contribution in [2.24, 2.45) is 5.92 Å². The summed E-state index contributed by atoms with van der Waals surface area (Å²) >= 11 is 1.33. The second-order valence-corrected chi connectivity index (χ2v) is 5.76. The van der Waals surface area contributed by atoms with Gasteiger partial charge >= 0.3 is 0 Å². The Morgan fingerprint density at radius 1 is 1.67 bits per heavy atom. The molecule has 6 heteroatoms. The van der Waals surface area contributed by atoms with E-state index in [1.54, 1.807) is 4.90 Å². The highest BCUT2D eigenvalue weighted by molar-refractivity contribution is 7.18.